The lowest BCUT2D eigenvalue weighted by molar-refractivity contribution is -0.210. The molecular formula is C15H15F3N2O3. The molecule has 2 aliphatic rings. The van der Waals surface area contributed by atoms with Crippen LogP contribution in [0.5, 0.6) is 0 Å². The number of halogens is 3. The highest BCUT2D eigenvalue weighted by atomic mass is 19.4. The number of benzene rings is 1. The number of esters is 1. The van der Waals surface area contributed by atoms with Crippen molar-refractivity contribution in [3.05, 3.63) is 34.9 Å². The van der Waals surface area contributed by atoms with E-state index >= 15 is 0 Å². The van der Waals surface area contributed by atoms with Crippen molar-refractivity contribution in [1.82, 2.24) is 10.2 Å². The van der Waals surface area contributed by atoms with Gasteiger partial charge in [-0.2, -0.15) is 13.2 Å². The molecule has 1 saturated heterocycles. The van der Waals surface area contributed by atoms with Crippen LogP contribution in [0.4, 0.5) is 13.2 Å². The predicted molar refractivity (Wildman–Crippen MR) is 73.6 cm³/mol. The van der Waals surface area contributed by atoms with Crippen LogP contribution in [0, 0.1) is 6.92 Å². The Balaban J connectivity index is 1.87. The molecule has 23 heavy (non-hydrogen) atoms. The Hall–Kier alpha value is -2.09. The first-order valence-electron chi connectivity index (χ1n) is 7.19. The quantitative estimate of drug-likeness (QED) is 0.792. The number of hydrogen-bond acceptors (Lipinski definition) is 4. The Bertz CT molecular complexity index is 660. The molecule has 0 aliphatic carbocycles. The van der Waals surface area contributed by atoms with E-state index in [-0.39, 0.29) is 12.5 Å². The van der Waals surface area contributed by atoms with Crippen LogP contribution >= 0.6 is 0 Å². The zero-order valence-electron chi connectivity index (χ0n) is 12.3. The summed E-state index contributed by atoms with van der Waals surface area (Å²) >= 11 is 0. The van der Waals surface area contributed by atoms with Crippen molar-refractivity contribution >= 4 is 11.9 Å². The highest BCUT2D eigenvalue weighted by molar-refractivity contribution is 5.97. The molecule has 0 aromatic heterocycles. The van der Waals surface area contributed by atoms with Gasteiger partial charge >= 0.3 is 12.1 Å². The molecule has 1 aromatic rings. The molecule has 0 radical (unpaired) electrons. The maximum atomic E-state index is 12.6. The van der Waals surface area contributed by atoms with Crippen molar-refractivity contribution in [1.29, 1.82) is 0 Å². The average molecular weight is 328 g/mol. The molecule has 3 rings (SSSR count). The smallest absolute Gasteiger partial charge is 0.438 e. The van der Waals surface area contributed by atoms with Crippen LogP contribution in [0.3, 0.4) is 0 Å². The summed E-state index contributed by atoms with van der Waals surface area (Å²) in [7, 11) is 0. The van der Waals surface area contributed by atoms with Gasteiger partial charge in [-0.25, -0.2) is 4.79 Å². The lowest BCUT2D eigenvalue weighted by Crippen LogP contribution is -2.63. The number of carbonyl (C=O) groups excluding carboxylic acids is 2. The van der Waals surface area contributed by atoms with Crippen LogP contribution in [0.15, 0.2) is 18.2 Å². The third kappa shape index (κ3) is 2.90. The van der Waals surface area contributed by atoms with E-state index in [1.165, 1.54) is 4.90 Å². The molecule has 1 N–H and O–H groups in total. The van der Waals surface area contributed by atoms with Gasteiger partial charge in [-0.3, -0.25) is 10.1 Å². The SMILES string of the molecule is Cc1ccc2c(c1)C(=O)N1CCNC(OC(=O)C(F)(F)F)[C@H]1C2. The van der Waals surface area contributed by atoms with Gasteiger partial charge in [-0.1, -0.05) is 17.7 Å². The monoisotopic (exact) mass is 328 g/mol. The number of nitrogens with one attached hydrogen (secondary N) is 1. The zero-order valence-corrected chi connectivity index (χ0v) is 12.3. The van der Waals surface area contributed by atoms with Gasteiger partial charge in [0.2, 0.25) is 0 Å². The van der Waals surface area contributed by atoms with E-state index in [9.17, 15) is 22.8 Å². The van der Waals surface area contributed by atoms with Crippen molar-refractivity contribution < 1.29 is 27.5 Å². The Morgan fingerprint density at radius 1 is 1.39 bits per heavy atom. The summed E-state index contributed by atoms with van der Waals surface area (Å²) in [6, 6.07) is 4.76. The summed E-state index contributed by atoms with van der Waals surface area (Å²) in [6.07, 6.45) is -5.89. The minimum Gasteiger partial charge on any atom is -0.438 e. The van der Waals surface area contributed by atoms with Crippen LogP contribution in [0.2, 0.25) is 0 Å². The molecule has 2 aliphatic heterocycles. The Morgan fingerprint density at radius 3 is 2.83 bits per heavy atom. The molecule has 0 bridgehead atoms. The van der Waals surface area contributed by atoms with Crippen LogP contribution in [0.1, 0.15) is 21.5 Å². The van der Waals surface area contributed by atoms with Crippen LogP contribution in [-0.2, 0) is 16.0 Å². The second-order valence-corrected chi connectivity index (χ2v) is 5.71. The average Bonchev–Trinajstić information content (AvgIpc) is 2.48. The zero-order chi connectivity index (χ0) is 16.8. The number of amides is 1. The van der Waals surface area contributed by atoms with Gasteiger partial charge in [0.25, 0.3) is 5.91 Å². The minimum atomic E-state index is -5.06. The fraction of sp³-hybridized carbons (Fsp3) is 0.467. The van der Waals surface area contributed by atoms with Crippen molar-refractivity contribution in [2.24, 2.45) is 0 Å². The second kappa shape index (κ2) is 5.52. The van der Waals surface area contributed by atoms with Gasteiger partial charge in [0.15, 0.2) is 6.23 Å². The lowest BCUT2D eigenvalue weighted by Gasteiger charge is -2.44. The molecule has 8 heteroatoms. The van der Waals surface area contributed by atoms with E-state index < -0.39 is 24.4 Å². The fourth-order valence-electron chi connectivity index (χ4n) is 3.01. The van der Waals surface area contributed by atoms with E-state index in [2.05, 4.69) is 10.1 Å². The third-order valence-electron chi connectivity index (χ3n) is 4.10. The van der Waals surface area contributed by atoms with Gasteiger partial charge in [0, 0.05) is 18.7 Å². The summed E-state index contributed by atoms with van der Waals surface area (Å²) in [4.78, 5) is 25.1. The molecule has 124 valence electrons. The van der Waals surface area contributed by atoms with Crippen molar-refractivity contribution in [3.63, 3.8) is 0 Å². The fourth-order valence-corrected chi connectivity index (χ4v) is 3.01. The molecule has 0 spiro atoms. The Morgan fingerprint density at radius 2 is 2.13 bits per heavy atom. The van der Waals surface area contributed by atoms with Crippen LogP contribution < -0.4 is 5.32 Å². The number of rotatable bonds is 1. The molecule has 1 amide bonds. The van der Waals surface area contributed by atoms with Crippen molar-refractivity contribution in [2.75, 3.05) is 13.1 Å². The second-order valence-electron chi connectivity index (χ2n) is 5.71. The third-order valence-corrected chi connectivity index (χ3v) is 4.10. The maximum Gasteiger partial charge on any atom is 0.490 e. The van der Waals surface area contributed by atoms with Crippen molar-refractivity contribution in [2.45, 2.75) is 31.8 Å². The minimum absolute atomic E-state index is 0.241. The first kappa shape index (κ1) is 15.8. The predicted octanol–water partition coefficient (Wildman–Crippen LogP) is 1.40. The molecule has 1 fully saturated rings. The van der Waals surface area contributed by atoms with Crippen molar-refractivity contribution in [3.8, 4) is 0 Å². The number of nitrogens with zero attached hydrogens (tertiary/aromatic N) is 1. The van der Waals surface area contributed by atoms with Gasteiger partial charge in [-0.15, -0.1) is 0 Å². The van der Waals surface area contributed by atoms with E-state index in [4.69, 9.17) is 0 Å². The van der Waals surface area contributed by atoms with Crippen LogP contribution in [0.25, 0.3) is 0 Å². The summed E-state index contributed by atoms with van der Waals surface area (Å²) in [5.41, 5.74) is 2.24. The molecular weight excluding hydrogens is 313 g/mol. The molecule has 1 aromatic carbocycles. The number of fused-ring (bicyclic) bond motifs is 2. The Labute approximate surface area is 130 Å². The number of hydrogen-bond donors (Lipinski definition) is 1. The number of piperazine rings is 1. The first-order chi connectivity index (χ1) is 10.8. The van der Waals surface area contributed by atoms with Gasteiger partial charge in [0.1, 0.15) is 0 Å². The summed E-state index contributed by atoms with van der Waals surface area (Å²) in [5.74, 6) is -2.49. The maximum absolute atomic E-state index is 12.6. The molecule has 2 heterocycles. The summed E-state index contributed by atoms with van der Waals surface area (Å²) < 4.78 is 41.8. The Kier molecular flexibility index (Phi) is 3.79. The van der Waals surface area contributed by atoms with Gasteiger partial charge in [-0.05, 0) is 25.0 Å². The number of ether oxygens (including phenoxy) is 1. The highest BCUT2D eigenvalue weighted by Gasteiger charge is 2.46. The topological polar surface area (TPSA) is 58.6 Å². The number of alkyl halides is 3. The lowest BCUT2D eigenvalue weighted by atomic mass is 9.90. The first-order valence-corrected chi connectivity index (χ1v) is 7.19. The number of carbonyl (C=O) groups is 2. The largest absolute Gasteiger partial charge is 0.490 e. The summed E-state index contributed by atoms with van der Waals surface area (Å²) in [6.45, 7) is 2.49. The normalized spacial score (nSPS) is 24.0. The van der Waals surface area contributed by atoms with Gasteiger partial charge in [0.05, 0.1) is 6.04 Å². The van der Waals surface area contributed by atoms with E-state index in [0.29, 0.717) is 18.5 Å². The highest BCUT2D eigenvalue weighted by Crippen LogP contribution is 2.29. The molecule has 0 saturated carbocycles. The van der Waals surface area contributed by atoms with E-state index in [1.54, 1.807) is 12.1 Å². The number of aryl methyl sites for hydroxylation is 1. The van der Waals surface area contributed by atoms with Crippen LogP contribution in [-0.4, -0.2) is 48.3 Å². The standard InChI is InChI=1S/C15H15F3N2O3/c1-8-2-3-9-7-11-12(23-14(22)15(16,17)18)19-4-5-20(11)13(21)10(9)6-8/h2-3,6,11-12,19H,4-5,7H2,1H3/t11-,12?/m1/s1. The molecule has 2 atom stereocenters. The molecule has 1 unspecified atom stereocenters. The van der Waals surface area contributed by atoms with E-state index in [1.807, 2.05) is 13.0 Å². The van der Waals surface area contributed by atoms with E-state index in [0.717, 1.165) is 11.1 Å². The summed E-state index contributed by atoms with van der Waals surface area (Å²) in [5, 5.41) is 2.75. The van der Waals surface area contributed by atoms with Gasteiger partial charge < -0.3 is 9.64 Å². The molecule has 5 nitrogen and oxygen atoms in total.